The molecule has 2 rings (SSSR count). The van der Waals surface area contributed by atoms with Crippen molar-refractivity contribution in [2.75, 3.05) is 0 Å². The normalized spacial score (nSPS) is 10.4. The Hall–Kier alpha value is -1.54. The smallest absolute Gasteiger partial charge is 0.194 e. The summed E-state index contributed by atoms with van der Waals surface area (Å²) in [6, 6.07) is 6.95. The molecule has 1 heterocycles. The molecule has 0 unspecified atom stereocenters. The molecule has 2 nitrogen and oxygen atoms in total. The molecule has 0 atom stereocenters. The first-order valence-corrected chi connectivity index (χ1v) is 5.56. The summed E-state index contributed by atoms with van der Waals surface area (Å²) in [7, 11) is 0. The number of aromatic amines is 1. The zero-order chi connectivity index (χ0) is 11.5. The Balaban J connectivity index is 2.35. The minimum Gasteiger partial charge on any atom is -0.367 e. The summed E-state index contributed by atoms with van der Waals surface area (Å²) in [5, 5.41) is 0.640. The molecule has 0 radical (unpaired) electrons. The van der Waals surface area contributed by atoms with E-state index in [-0.39, 0.29) is 5.78 Å². The molecule has 0 spiro atoms. The third-order valence-corrected chi connectivity index (χ3v) is 2.82. The number of carbonyl (C=O) groups is 1. The van der Waals surface area contributed by atoms with Gasteiger partial charge in [-0.05, 0) is 36.2 Å². The van der Waals surface area contributed by atoms with Crippen molar-refractivity contribution in [3.63, 3.8) is 0 Å². The van der Waals surface area contributed by atoms with E-state index in [4.69, 9.17) is 11.6 Å². The molecule has 0 aliphatic rings. The maximum Gasteiger partial charge on any atom is 0.194 e. The lowest BCUT2D eigenvalue weighted by Gasteiger charge is -2.01. The molecule has 0 saturated carbocycles. The second-order valence-corrected chi connectivity index (χ2v) is 4.02. The lowest BCUT2D eigenvalue weighted by Crippen LogP contribution is -2.02. The van der Waals surface area contributed by atoms with Gasteiger partial charge < -0.3 is 4.98 Å². The number of aromatic nitrogens is 1. The molecule has 0 aliphatic carbocycles. The lowest BCUT2D eigenvalue weighted by atomic mass is 10.0. The monoisotopic (exact) mass is 233 g/mol. The van der Waals surface area contributed by atoms with Gasteiger partial charge in [-0.1, -0.05) is 18.5 Å². The van der Waals surface area contributed by atoms with Gasteiger partial charge in [0.15, 0.2) is 5.78 Å². The van der Waals surface area contributed by atoms with Crippen LogP contribution in [-0.2, 0) is 6.42 Å². The number of hydrogen-bond donors (Lipinski definition) is 1. The van der Waals surface area contributed by atoms with Crippen molar-refractivity contribution in [1.29, 1.82) is 0 Å². The molecule has 2 aromatic rings. The van der Waals surface area contributed by atoms with Crippen LogP contribution in [-0.4, -0.2) is 10.8 Å². The average molecular weight is 234 g/mol. The molecular weight excluding hydrogens is 222 g/mol. The number of halogens is 1. The van der Waals surface area contributed by atoms with E-state index in [2.05, 4.69) is 4.98 Å². The van der Waals surface area contributed by atoms with Gasteiger partial charge in [-0.2, -0.15) is 0 Å². The summed E-state index contributed by atoms with van der Waals surface area (Å²) in [6.45, 7) is 2.03. The minimum absolute atomic E-state index is 0.0368. The molecule has 0 saturated heterocycles. The van der Waals surface area contributed by atoms with E-state index in [1.807, 2.05) is 13.1 Å². The summed E-state index contributed by atoms with van der Waals surface area (Å²) < 4.78 is 0. The Labute approximate surface area is 99.3 Å². The number of benzene rings is 1. The first-order chi connectivity index (χ1) is 7.72. The number of rotatable bonds is 3. The van der Waals surface area contributed by atoms with Crippen molar-refractivity contribution < 1.29 is 4.79 Å². The van der Waals surface area contributed by atoms with Crippen molar-refractivity contribution >= 4 is 17.4 Å². The van der Waals surface area contributed by atoms with Crippen molar-refractivity contribution in [2.24, 2.45) is 0 Å². The van der Waals surface area contributed by atoms with Crippen molar-refractivity contribution in [1.82, 2.24) is 4.98 Å². The predicted octanol–water partition coefficient (Wildman–Crippen LogP) is 3.46. The fraction of sp³-hybridized carbons (Fsp3) is 0.154. The third kappa shape index (κ3) is 2.02. The van der Waals surface area contributed by atoms with E-state index in [1.165, 1.54) is 0 Å². The van der Waals surface area contributed by atoms with Crippen LogP contribution < -0.4 is 0 Å². The number of hydrogen-bond acceptors (Lipinski definition) is 1. The van der Waals surface area contributed by atoms with Crippen LogP contribution in [0.2, 0.25) is 5.02 Å². The molecule has 1 aromatic carbocycles. The molecule has 0 bridgehead atoms. The highest BCUT2D eigenvalue weighted by atomic mass is 35.5. The van der Waals surface area contributed by atoms with E-state index < -0.39 is 0 Å². The summed E-state index contributed by atoms with van der Waals surface area (Å²) in [6.07, 6.45) is 4.46. The fourth-order valence-corrected chi connectivity index (χ4v) is 1.78. The van der Waals surface area contributed by atoms with Gasteiger partial charge >= 0.3 is 0 Å². The summed E-state index contributed by atoms with van der Waals surface area (Å²) >= 11 is 5.78. The van der Waals surface area contributed by atoms with E-state index in [1.54, 1.807) is 30.5 Å². The van der Waals surface area contributed by atoms with E-state index in [9.17, 15) is 4.79 Å². The van der Waals surface area contributed by atoms with E-state index >= 15 is 0 Å². The van der Waals surface area contributed by atoms with Gasteiger partial charge in [-0.3, -0.25) is 4.79 Å². The standard InChI is InChI=1S/C13H12ClNO/c1-2-9-7-15-8-12(9)13(16)10-3-5-11(14)6-4-10/h3-8,15H,2H2,1H3. The van der Waals surface area contributed by atoms with E-state index in [0.717, 1.165) is 17.5 Å². The van der Waals surface area contributed by atoms with Gasteiger partial charge in [0.25, 0.3) is 0 Å². The van der Waals surface area contributed by atoms with Crippen LogP contribution in [0.25, 0.3) is 0 Å². The quantitative estimate of drug-likeness (QED) is 0.810. The summed E-state index contributed by atoms with van der Waals surface area (Å²) in [5.41, 5.74) is 2.45. The molecule has 82 valence electrons. The van der Waals surface area contributed by atoms with Gasteiger partial charge in [0.2, 0.25) is 0 Å². The SMILES string of the molecule is CCc1c[nH]cc1C(=O)c1ccc(Cl)cc1. The maximum atomic E-state index is 12.1. The molecule has 1 N–H and O–H groups in total. The zero-order valence-corrected chi connectivity index (χ0v) is 9.71. The van der Waals surface area contributed by atoms with Gasteiger partial charge in [0, 0.05) is 28.5 Å². The van der Waals surface area contributed by atoms with Gasteiger partial charge in [0.05, 0.1) is 0 Å². The van der Waals surface area contributed by atoms with Crippen LogP contribution >= 0.6 is 11.6 Å². The van der Waals surface area contributed by atoms with Crippen LogP contribution in [0, 0.1) is 0 Å². The summed E-state index contributed by atoms with van der Waals surface area (Å²) in [5.74, 6) is 0.0368. The highest BCUT2D eigenvalue weighted by molar-refractivity contribution is 6.30. The van der Waals surface area contributed by atoms with Gasteiger partial charge in [-0.25, -0.2) is 0 Å². The summed E-state index contributed by atoms with van der Waals surface area (Å²) in [4.78, 5) is 15.1. The maximum absolute atomic E-state index is 12.1. The topological polar surface area (TPSA) is 32.9 Å². The molecular formula is C13H12ClNO. The number of carbonyl (C=O) groups excluding carboxylic acids is 1. The number of aryl methyl sites for hydroxylation is 1. The Morgan fingerprint density at radius 3 is 2.56 bits per heavy atom. The Kier molecular flexibility index (Phi) is 3.11. The number of ketones is 1. The Morgan fingerprint density at radius 1 is 1.25 bits per heavy atom. The molecule has 0 aliphatic heterocycles. The predicted molar refractivity (Wildman–Crippen MR) is 65.1 cm³/mol. The molecule has 1 aromatic heterocycles. The minimum atomic E-state index is 0.0368. The van der Waals surface area contributed by atoms with E-state index in [0.29, 0.717) is 10.6 Å². The second kappa shape index (κ2) is 4.54. The van der Waals surface area contributed by atoms with Crippen molar-refractivity contribution in [2.45, 2.75) is 13.3 Å². The Morgan fingerprint density at radius 2 is 1.94 bits per heavy atom. The zero-order valence-electron chi connectivity index (χ0n) is 8.96. The first kappa shape index (κ1) is 11.0. The van der Waals surface area contributed by atoms with Crippen LogP contribution in [0.4, 0.5) is 0 Å². The average Bonchev–Trinajstić information content (AvgIpc) is 2.77. The molecule has 16 heavy (non-hydrogen) atoms. The third-order valence-electron chi connectivity index (χ3n) is 2.56. The van der Waals surface area contributed by atoms with Gasteiger partial charge in [-0.15, -0.1) is 0 Å². The van der Waals surface area contributed by atoms with Gasteiger partial charge in [0.1, 0.15) is 0 Å². The fourth-order valence-electron chi connectivity index (χ4n) is 1.66. The molecule has 0 fully saturated rings. The Bertz CT molecular complexity index is 499. The van der Waals surface area contributed by atoms with Crippen LogP contribution in [0.3, 0.4) is 0 Å². The lowest BCUT2D eigenvalue weighted by molar-refractivity contribution is 0.103. The highest BCUT2D eigenvalue weighted by Gasteiger charge is 2.13. The van der Waals surface area contributed by atoms with Crippen LogP contribution in [0.1, 0.15) is 28.4 Å². The highest BCUT2D eigenvalue weighted by Crippen LogP contribution is 2.16. The van der Waals surface area contributed by atoms with Crippen molar-refractivity contribution in [3.8, 4) is 0 Å². The second-order valence-electron chi connectivity index (χ2n) is 3.58. The van der Waals surface area contributed by atoms with Crippen LogP contribution in [0.5, 0.6) is 0 Å². The molecule has 3 heteroatoms. The number of nitrogens with one attached hydrogen (secondary N) is 1. The van der Waals surface area contributed by atoms with Crippen LogP contribution in [0.15, 0.2) is 36.7 Å². The molecule has 0 amide bonds. The largest absolute Gasteiger partial charge is 0.367 e. The first-order valence-electron chi connectivity index (χ1n) is 5.18. The van der Waals surface area contributed by atoms with Crippen molar-refractivity contribution in [3.05, 3.63) is 58.4 Å². The number of H-pyrrole nitrogens is 1.